The molecule has 8 heteroatoms. The smallest absolute Gasteiger partial charge is 0.191 e. The highest BCUT2D eigenvalue weighted by molar-refractivity contribution is 14.0. The van der Waals surface area contributed by atoms with E-state index in [0.29, 0.717) is 32.9 Å². The summed E-state index contributed by atoms with van der Waals surface area (Å²) in [6.45, 7) is 7.13. The van der Waals surface area contributed by atoms with Gasteiger partial charge in [0.1, 0.15) is 18.2 Å². The Bertz CT molecular complexity index is 799. The molecule has 2 N–H and O–H groups in total. The highest BCUT2D eigenvalue weighted by atomic mass is 127. The molecule has 30 heavy (non-hydrogen) atoms. The van der Waals surface area contributed by atoms with Gasteiger partial charge in [0.05, 0.1) is 6.61 Å². The number of nitrogens with zero attached hydrogens (tertiary/aromatic N) is 3. The van der Waals surface area contributed by atoms with Gasteiger partial charge in [-0.15, -0.1) is 24.0 Å². The summed E-state index contributed by atoms with van der Waals surface area (Å²) >= 11 is 0. The molecule has 2 aromatic rings. The van der Waals surface area contributed by atoms with Crippen LogP contribution in [0.5, 0.6) is 5.75 Å². The van der Waals surface area contributed by atoms with Crippen LogP contribution >= 0.6 is 24.0 Å². The quantitative estimate of drug-likeness (QED) is 0.214. The Morgan fingerprint density at radius 2 is 1.87 bits per heavy atom. The predicted molar refractivity (Wildman–Crippen MR) is 134 cm³/mol. The third-order valence-electron chi connectivity index (χ3n) is 4.31. The number of guanidine groups is 1. The Hall–Kier alpha value is -2.07. The van der Waals surface area contributed by atoms with Crippen molar-refractivity contribution in [1.82, 2.24) is 15.6 Å². The topological polar surface area (TPSA) is 71.0 Å². The third-order valence-corrected chi connectivity index (χ3v) is 4.31. The number of hydrogen-bond donors (Lipinski definition) is 2. The van der Waals surface area contributed by atoms with Crippen LogP contribution in [0.3, 0.4) is 0 Å². The largest absolute Gasteiger partial charge is 0.491 e. The molecule has 166 valence electrons. The first kappa shape index (κ1) is 26.0. The molecule has 0 bridgehead atoms. The molecule has 0 aliphatic rings. The molecule has 0 spiro atoms. The van der Waals surface area contributed by atoms with E-state index >= 15 is 0 Å². The van der Waals surface area contributed by atoms with E-state index in [2.05, 4.69) is 51.8 Å². The zero-order chi connectivity index (χ0) is 21.1. The first-order valence-corrected chi connectivity index (χ1v) is 9.90. The molecule has 1 heterocycles. The van der Waals surface area contributed by atoms with Crippen molar-refractivity contribution >= 4 is 35.8 Å². The van der Waals surface area contributed by atoms with Crippen LogP contribution in [0.15, 0.2) is 41.5 Å². The van der Waals surface area contributed by atoms with Crippen LogP contribution in [0.2, 0.25) is 0 Å². The van der Waals surface area contributed by atoms with E-state index < -0.39 is 0 Å². The van der Waals surface area contributed by atoms with Crippen molar-refractivity contribution in [3.05, 3.63) is 53.2 Å². The van der Waals surface area contributed by atoms with Crippen LogP contribution in [-0.4, -0.2) is 51.9 Å². The van der Waals surface area contributed by atoms with Crippen LogP contribution in [0.4, 0.5) is 5.82 Å². The Kier molecular flexibility index (Phi) is 12.1. The van der Waals surface area contributed by atoms with Crippen molar-refractivity contribution in [3.63, 3.8) is 0 Å². The van der Waals surface area contributed by atoms with Crippen molar-refractivity contribution in [2.45, 2.75) is 26.9 Å². The van der Waals surface area contributed by atoms with Gasteiger partial charge in [-0.05, 0) is 43.2 Å². The summed E-state index contributed by atoms with van der Waals surface area (Å²) in [6, 6.07) is 10.3. The Labute approximate surface area is 197 Å². The first-order chi connectivity index (χ1) is 14.0. The molecule has 7 nitrogen and oxygen atoms in total. The molecule has 2 rings (SSSR count). The number of aliphatic imine (C=N–C) groups is 1. The van der Waals surface area contributed by atoms with Crippen molar-refractivity contribution in [3.8, 4) is 5.75 Å². The van der Waals surface area contributed by atoms with Gasteiger partial charge in [0.25, 0.3) is 0 Å². The van der Waals surface area contributed by atoms with Gasteiger partial charge in [-0.3, -0.25) is 4.99 Å². The van der Waals surface area contributed by atoms with E-state index in [-0.39, 0.29) is 24.0 Å². The number of hydrogen-bond acceptors (Lipinski definition) is 5. The lowest BCUT2D eigenvalue weighted by Gasteiger charge is -2.16. The number of aryl methyl sites for hydroxylation is 1. The summed E-state index contributed by atoms with van der Waals surface area (Å²) < 4.78 is 11.3. The van der Waals surface area contributed by atoms with E-state index in [1.54, 1.807) is 7.05 Å². The molecule has 0 saturated carbocycles. The van der Waals surface area contributed by atoms with E-state index in [0.717, 1.165) is 34.2 Å². The molecule has 0 radical (unpaired) electrons. The van der Waals surface area contributed by atoms with Crippen LogP contribution in [0, 0.1) is 6.92 Å². The molecule has 0 unspecified atom stereocenters. The van der Waals surface area contributed by atoms with Gasteiger partial charge in [-0.25, -0.2) is 4.98 Å². The fourth-order valence-electron chi connectivity index (χ4n) is 2.70. The van der Waals surface area contributed by atoms with Gasteiger partial charge in [0.15, 0.2) is 5.96 Å². The van der Waals surface area contributed by atoms with E-state index in [1.807, 2.05) is 38.2 Å². The second kappa shape index (κ2) is 14.0. The zero-order valence-corrected chi connectivity index (χ0v) is 20.9. The average Bonchev–Trinajstić information content (AvgIpc) is 2.72. The van der Waals surface area contributed by atoms with Gasteiger partial charge >= 0.3 is 0 Å². The maximum absolute atomic E-state index is 5.91. The minimum absolute atomic E-state index is 0. The van der Waals surface area contributed by atoms with Crippen LogP contribution < -0.4 is 20.3 Å². The molecule has 1 aromatic heterocycles. The van der Waals surface area contributed by atoms with Crippen LogP contribution in [0.1, 0.15) is 23.6 Å². The highest BCUT2D eigenvalue weighted by Crippen LogP contribution is 2.20. The standard InChI is InChI=1S/C22H33N5O2.HI/c1-6-28-11-12-29-20-13-17(2)7-8-19(20)16-26-22(23-3)25-15-18-9-10-24-21(14-18)27(4)5;/h7-10,13-14H,6,11-12,15-16H2,1-5H3,(H2,23,25,26);1H. The monoisotopic (exact) mass is 527 g/mol. The summed E-state index contributed by atoms with van der Waals surface area (Å²) in [5.74, 6) is 2.53. The molecule has 0 aliphatic heterocycles. The fraction of sp³-hybridized carbons (Fsp3) is 0.455. The molecule has 0 atom stereocenters. The van der Waals surface area contributed by atoms with Gasteiger partial charge in [-0.2, -0.15) is 0 Å². The molecular formula is C22H34IN5O2. The predicted octanol–water partition coefficient (Wildman–Crippen LogP) is 3.35. The van der Waals surface area contributed by atoms with E-state index in [4.69, 9.17) is 9.47 Å². The number of rotatable bonds is 10. The van der Waals surface area contributed by atoms with Crippen LogP contribution in [0.25, 0.3) is 0 Å². The molecule has 0 saturated heterocycles. The lowest BCUT2D eigenvalue weighted by molar-refractivity contribution is 0.110. The fourth-order valence-corrected chi connectivity index (χ4v) is 2.70. The zero-order valence-electron chi connectivity index (χ0n) is 18.6. The van der Waals surface area contributed by atoms with E-state index in [9.17, 15) is 0 Å². The molecular weight excluding hydrogens is 493 g/mol. The number of halogens is 1. The second-order valence-corrected chi connectivity index (χ2v) is 6.85. The summed E-state index contributed by atoms with van der Waals surface area (Å²) in [4.78, 5) is 10.6. The summed E-state index contributed by atoms with van der Waals surface area (Å²) in [5.41, 5.74) is 3.38. The number of benzene rings is 1. The molecule has 0 fully saturated rings. The Balaban J connectivity index is 0.00000450. The Morgan fingerprint density at radius 3 is 2.57 bits per heavy atom. The number of aromatic nitrogens is 1. The van der Waals surface area contributed by atoms with Gasteiger partial charge in [0.2, 0.25) is 0 Å². The lowest BCUT2D eigenvalue weighted by atomic mass is 10.1. The first-order valence-electron chi connectivity index (χ1n) is 9.90. The second-order valence-electron chi connectivity index (χ2n) is 6.85. The van der Waals surface area contributed by atoms with Gasteiger partial charge in [-0.1, -0.05) is 12.1 Å². The number of pyridine rings is 1. The van der Waals surface area contributed by atoms with Gasteiger partial charge in [0, 0.05) is 52.6 Å². The number of nitrogens with one attached hydrogen (secondary N) is 2. The van der Waals surface area contributed by atoms with Crippen molar-refractivity contribution in [2.24, 2.45) is 4.99 Å². The minimum atomic E-state index is 0. The minimum Gasteiger partial charge on any atom is -0.491 e. The normalized spacial score (nSPS) is 10.9. The molecule has 1 aromatic carbocycles. The lowest BCUT2D eigenvalue weighted by Crippen LogP contribution is -2.36. The maximum atomic E-state index is 5.91. The third kappa shape index (κ3) is 8.74. The highest BCUT2D eigenvalue weighted by Gasteiger charge is 2.07. The molecule has 0 amide bonds. The SMILES string of the molecule is CCOCCOc1cc(C)ccc1CNC(=NC)NCc1ccnc(N(C)C)c1.I. The number of ether oxygens (including phenoxy) is 2. The van der Waals surface area contributed by atoms with Crippen molar-refractivity contribution < 1.29 is 9.47 Å². The molecule has 0 aliphatic carbocycles. The van der Waals surface area contributed by atoms with Gasteiger partial charge < -0.3 is 25.0 Å². The Morgan fingerprint density at radius 1 is 1.10 bits per heavy atom. The maximum Gasteiger partial charge on any atom is 0.191 e. The van der Waals surface area contributed by atoms with Crippen LogP contribution in [-0.2, 0) is 17.8 Å². The average molecular weight is 527 g/mol. The van der Waals surface area contributed by atoms with Crippen molar-refractivity contribution in [1.29, 1.82) is 0 Å². The summed E-state index contributed by atoms with van der Waals surface area (Å²) in [5, 5.41) is 6.70. The summed E-state index contributed by atoms with van der Waals surface area (Å²) in [6.07, 6.45) is 1.82. The number of anilines is 1. The van der Waals surface area contributed by atoms with E-state index in [1.165, 1.54) is 0 Å². The summed E-state index contributed by atoms with van der Waals surface area (Å²) in [7, 11) is 5.73. The van der Waals surface area contributed by atoms with Crippen molar-refractivity contribution in [2.75, 3.05) is 45.9 Å².